The minimum Gasteiger partial charge on any atom is 0 e. The maximum atomic E-state index is 0. The molecule has 2 nitrogen and oxygen atoms in total. The van der Waals surface area contributed by atoms with Gasteiger partial charge in [-0.15, -0.1) is 0 Å². The van der Waals surface area contributed by atoms with E-state index in [-0.39, 0.29) is 114 Å². The molecular formula is H6KNaO2Ti. The molecule has 0 bridgehead atoms. The van der Waals surface area contributed by atoms with Crippen molar-refractivity contribution in [3.05, 3.63) is 0 Å². The summed E-state index contributed by atoms with van der Waals surface area (Å²) in [4.78, 5) is 0. The quantitative estimate of drug-likeness (QED) is 0.330. The molecule has 0 aromatic rings. The van der Waals surface area contributed by atoms with E-state index in [1.165, 1.54) is 0 Å². The van der Waals surface area contributed by atoms with E-state index >= 15 is 0 Å². The van der Waals surface area contributed by atoms with Crippen molar-refractivity contribution >= 4 is 80.9 Å². The normalized spacial score (nSPS) is 0. The van der Waals surface area contributed by atoms with Crippen LogP contribution in [0.25, 0.3) is 0 Å². The van der Waals surface area contributed by atoms with Gasteiger partial charge in [0.1, 0.15) is 0 Å². The van der Waals surface area contributed by atoms with Gasteiger partial charge in [0.25, 0.3) is 0 Å². The molecule has 5 heteroatoms. The molecule has 0 amide bonds. The van der Waals surface area contributed by atoms with Crippen LogP contribution in [0.15, 0.2) is 0 Å². The Kier molecular flexibility index (Phi) is 218. The Bertz CT molecular complexity index is 9.61. The van der Waals surface area contributed by atoms with Gasteiger partial charge in [-0.2, -0.15) is 0 Å². The van der Waals surface area contributed by atoms with E-state index in [1.54, 1.807) is 0 Å². The van der Waals surface area contributed by atoms with Crippen LogP contribution in [0.3, 0.4) is 0 Å². The van der Waals surface area contributed by atoms with Crippen LogP contribution in [0.2, 0.25) is 0 Å². The molecule has 0 saturated heterocycles. The molecule has 0 aromatic carbocycles. The Morgan fingerprint density at radius 3 is 0.800 bits per heavy atom. The van der Waals surface area contributed by atoms with Crippen LogP contribution < -0.4 is 0 Å². The van der Waals surface area contributed by atoms with E-state index in [0.717, 1.165) is 0 Å². The minimum absolute atomic E-state index is 0. The molecule has 24 valence electrons. The second-order valence-corrected chi connectivity index (χ2v) is 0. The van der Waals surface area contributed by atoms with Crippen molar-refractivity contribution in [3.8, 4) is 0 Å². The fraction of sp³-hybridized carbons (Fsp3) is 0. The van der Waals surface area contributed by atoms with E-state index in [2.05, 4.69) is 0 Å². The SMILES string of the molecule is O.O.[KH].[NaH].[Ti]. The van der Waals surface area contributed by atoms with E-state index in [1.807, 2.05) is 0 Å². The summed E-state index contributed by atoms with van der Waals surface area (Å²) in [6.45, 7) is 0. The first-order chi connectivity index (χ1) is 0. The summed E-state index contributed by atoms with van der Waals surface area (Å²) in [5, 5.41) is 0. The Morgan fingerprint density at radius 1 is 0.800 bits per heavy atom. The molecule has 0 unspecified atom stereocenters. The standard InChI is InChI=1S/K.Na.2H2O.Ti.2H/h;;2*1H2;;;. The number of hydrogen-bond donors (Lipinski definition) is 0. The predicted octanol–water partition coefficient (Wildman–Crippen LogP) is -2.95. The van der Waals surface area contributed by atoms with Crippen molar-refractivity contribution in [2.24, 2.45) is 0 Å². The van der Waals surface area contributed by atoms with Gasteiger partial charge in [0.2, 0.25) is 0 Å². The molecule has 0 atom stereocenters. The molecule has 4 N–H and O–H groups in total. The van der Waals surface area contributed by atoms with Crippen molar-refractivity contribution < 1.29 is 32.7 Å². The Morgan fingerprint density at radius 2 is 0.800 bits per heavy atom. The molecule has 0 radical (unpaired) electrons. The molecule has 0 aliphatic carbocycles. The first-order valence-electron chi connectivity index (χ1n) is 0. The second kappa shape index (κ2) is 26.7. The fourth-order valence-electron chi connectivity index (χ4n) is 0. The van der Waals surface area contributed by atoms with Crippen molar-refractivity contribution in [3.63, 3.8) is 0 Å². The van der Waals surface area contributed by atoms with Gasteiger partial charge < -0.3 is 11.0 Å². The van der Waals surface area contributed by atoms with Gasteiger partial charge >= 0.3 is 80.9 Å². The minimum atomic E-state index is 0. The summed E-state index contributed by atoms with van der Waals surface area (Å²) in [6, 6.07) is 0. The van der Waals surface area contributed by atoms with Gasteiger partial charge in [0.05, 0.1) is 0 Å². The maximum absolute atomic E-state index is 0. The Balaban J connectivity index is 0. The third kappa shape index (κ3) is 18.9. The first-order valence-corrected chi connectivity index (χ1v) is 0. The molecule has 0 fully saturated rings. The van der Waals surface area contributed by atoms with Crippen LogP contribution in [-0.2, 0) is 21.7 Å². The number of rotatable bonds is 0. The smallest absolute Gasteiger partial charge is 0 e. The van der Waals surface area contributed by atoms with Crippen molar-refractivity contribution in [1.82, 2.24) is 0 Å². The summed E-state index contributed by atoms with van der Waals surface area (Å²) < 4.78 is 0. The molecule has 0 saturated carbocycles. The Labute approximate surface area is 111 Å². The predicted molar refractivity (Wildman–Crippen MR) is 21.5 cm³/mol. The zero-order valence-corrected chi connectivity index (χ0v) is 3.06. The summed E-state index contributed by atoms with van der Waals surface area (Å²) in [5.74, 6) is 0. The zero-order valence-electron chi connectivity index (χ0n) is 1.50. The second-order valence-electron chi connectivity index (χ2n) is 0. The van der Waals surface area contributed by atoms with Gasteiger partial charge in [-0.3, -0.25) is 0 Å². The van der Waals surface area contributed by atoms with Gasteiger partial charge in [0.15, 0.2) is 0 Å². The maximum Gasteiger partial charge on any atom is 0 e. The summed E-state index contributed by atoms with van der Waals surface area (Å²) in [5.41, 5.74) is 0. The van der Waals surface area contributed by atoms with Crippen LogP contribution in [0.4, 0.5) is 0 Å². The number of hydrogen-bond acceptors (Lipinski definition) is 0. The molecule has 0 aliphatic heterocycles. The topological polar surface area (TPSA) is 63.0 Å². The molecule has 0 heterocycles. The summed E-state index contributed by atoms with van der Waals surface area (Å²) in [7, 11) is 0. The molecule has 5 heavy (non-hydrogen) atoms. The van der Waals surface area contributed by atoms with E-state index in [9.17, 15) is 0 Å². The summed E-state index contributed by atoms with van der Waals surface area (Å²) >= 11 is 0. The van der Waals surface area contributed by atoms with Crippen LogP contribution in [0, 0.1) is 0 Å². The largest absolute Gasteiger partial charge is 0 e. The van der Waals surface area contributed by atoms with Crippen LogP contribution in [-0.4, -0.2) is 91.9 Å². The van der Waals surface area contributed by atoms with Crippen LogP contribution in [0.1, 0.15) is 0 Å². The summed E-state index contributed by atoms with van der Waals surface area (Å²) in [6.07, 6.45) is 0. The van der Waals surface area contributed by atoms with Gasteiger partial charge in [-0.1, -0.05) is 0 Å². The average Bonchev–Trinajstić information content (AvgIpc) is 0. The van der Waals surface area contributed by atoms with Crippen molar-refractivity contribution in [1.29, 1.82) is 0 Å². The fourth-order valence-corrected chi connectivity index (χ4v) is 0. The monoisotopic (exact) mass is 148 g/mol. The third-order valence-corrected chi connectivity index (χ3v) is 0. The van der Waals surface area contributed by atoms with E-state index in [4.69, 9.17) is 0 Å². The molecule has 0 aliphatic rings. The zero-order chi connectivity index (χ0) is 0. The third-order valence-electron chi connectivity index (χ3n) is 0. The van der Waals surface area contributed by atoms with E-state index in [0.29, 0.717) is 0 Å². The van der Waals surface area contributed by atoms with Crippen LogP contribution >= 0.6 is 0 Å². The van der Waals surface area contributed by atoms with Crippen molar-refractivity contribution in [2.75, 3.05) is 0 Å². The van der Waals surface area contributed by atoms with Gasteiger partial charge in [-0.25, -0.2) is 0 Å². The van der Waals surface area contributed by atoms with Gasteiger partial charge in [-0.05, 0) is 0 Å². The Hall–Kier alpha value is 3.27. The van der Waals surface area contributed by atoms with Gasteiger partial charge in [0, 0.05) is 21.7 Å². The van der Waals surface area contributed by atoms with Crippen molar-refractivity contribution in [2.45, 2.75) is 0 Å². The van der Waals surface area contributed by atoms with Crippen LogP contribution in [0.5, 0.6) is 0 Å². The van der Waals surface area contributed by atoms with E-state index < -0.39 is 0 Å². The average molecular weight is 148 g/mol. The molecule has 0 rings (SSSR count). The molecule has 0 aromatic heterocycles. The first kappa shape index (κ1) is 40.9. The molecular weight excluding hydrogens is 142 g/mol. The molecule has 0 spiro atoms.